The molecule has 26 heavy (non-hydrogen) atoms. The van der Waals surface area contributed by atoms with Crippen LogP contribution in [0.4, 0.5) is 5.82 Å². The first-order valence-corrected chi connectivity index (χ1v) is 10.2. The number of amides is 1. The van der Waals surface area contributed by atoms with Crippen LogP contribution in [0.2, 0.25) is 0 Å². The molecule has 0 bridgehead atoms. The molecule has 1 N–H and O–H groups in total. The predicted molar refractivity (Wildman–Crippen MR) is 105 cm³/mol. The summed E-state index contributed by atoms with van der Waals surface area (Å²) in [4.78, 5) is 12.4. The highest BCUT2D eigenvalue weighted by molar-refractivity contribution is 8.00. The highest BCUT2D eigenvalue weighted by atomic mass is 32.2. The van der Waals surface area contributed by atoms with E-state index in [9.17, 15) is 4.79 Å². The first-order chi connectivity index (χ1) is 12.4. The van der Waals surface area contributed by atoms with Gasteiger partial charge in [-0.2, -0.15) is 5.10 Å². The highest BCUT2D eigenvalue weighted by Gasteiger charge is 2.35. The standard InChI is InChI=1S/C20H25N3O2S/c1-13-17-18(14-7-5-4-6-8-14)26-12-16(24)21-19(17)23(22-13)15-9-10-25-20(2,3)11-15/h4-8,15,18H,9-12H2,1-3H3,(H,21,24)/t15-,18-/m0/s1. The van der Waals surface area contributed by atoms with Gasteiger partial charge in [0, 0.05) is 12.2 Å². The topological polar surface area (TPSA) is 56.2 Å². The zero-order valence-corrected chi connectivity index (χ0v) is 16.3. The number of hydrogen-bond donors (Lipinski definition) is 1. The Hall–Kier alpha value is -1.79. The van der Waals surface area contributed by atoms with Crippen molar-refractivity contribution in [1.82, 2.24) is 9.78 Å². The average Bonchev–Trinajstić information content (AvgIpc) is 2.81. The summed E-state index contributed by atoms with van der Waals surface area (Å²) in [6.07, 6.45) is 1.80. The number of benzene rings is 1. The number of hydrogen-bond acceptors (Lipinski definition) is 4. The number of aryl methyl sites for hydroxylation is 1. The summed E-state index contributed by atoms with van der Waals surface area (Å²) < 4.78 is 7.92. The Labute approximate surface area is 158 Å². The lowest BCUT2D eigenvalue weighted by Gasteiger charge is -2.36. The van der Waals surface area contributed by atoms with Gasteiger partial charge in [0.25, 0.3) is 0 Å². The second-order valence-electron chi connectivity index (χ2n) is 7.70. The van der Waals surface area contributed by atoms with Crippen LogP contribution in [0.25, 0.3) is 0 Å². The van der Waals surface area contributed by atoms with E-state index in [2.05, 4.69) is 48.1 Å². The first-order valence-electron chi connectivity index (χ1n) is 9.14. The number of aromatic nitrogens is 2. The van der Waals surface area contributed by atoms with E-state index in [1.165, 1.54) is 5.56 Å². The van der Waals surface area contributed by atoms with Crippen LogP contribution in [0.5, 0.6) is 0 Å². The fourth-order valence-electron chi connectivity index (χ4n) is 3.97. The molecule has 2 aliphatic rings. The quantitative estimate of drug-likeness (QED) is 0.864. The third-order valence-corrected chi connectivity index (χ3v) is 6.42. The molecule has 2 atom stereocenters. The van der Waals surface area contributed by atoms with Crippen LogP contribution in [0.15, 0.2) is 30.3 Å². The van der Waals surface area contributed by atoms with Crippen LogP contribution in [-0.2, 0) is 9.53 Å². The minimum atomic E-state index is -0.169. The number of ether oxygens (including phenoxy) is 1. The number of carbonyl (C=O) groups excluding carboxylic acids is 1. The number of nitrogens with zero attached hydrogens (tertiary/aromatic N) is 2. The number of carbonyl (C=O) groups is 1. The molecule has 6 heteroatoms. The van der Waals surface area contributed by atoms with Crippen LogP contribution in [-0.4, -0.2) is 33.6 Å². The van der Waals surface area contributed by atoms with Crippen LogP contribution in [0.3, 0.4) is 0 Å². The molecule has 138 valence electrons. The van der Waals surface area contributed by atoms with Gasteiger partial charge in [0.05, 0.1) is 28.3 Å². The van der Waals surface area contributed by atoms with Crippen molar-refractivity contribution >= 4 is 23.5 Å². The fraction of sp³-hybridized carbons (Fsp3) is 0.500. The maximum Gasteiger partial charge on any atom is 0.235 e. The van der Waals surface area contributed by atoms with Gasteiger partial charge < -0.3 is 10.1 Å². The molecule has 5 nitrogen and oxygen atoms in total. The summed E-state index contributed by atoms with van der Waals surface area (Å²) in [7, 11) is 0. The Balaban J connectivity index is 1.79. The molecule has 1 fully saturated rings. The molecule has 0 unspecified atom stereocenters. The summed E-state index contributed by atoms with van der Waals surface area (Å²) in [5.74, 6) is 1.36. The van der Waals surface area contributed by atoms with Crippen LogP contribution >= 0.6 is 11.8 Å². The lowest BCUT2D eigenvalue weighted by Crippen LogP contribution is -2.36. The first kappa shape index (κ1) is 17.6. The SMILES string of the molecule is Cc1nn([C@H]2CCOC(C)(C)C2)c2c1[C@H](c1ccccc1)SCC(=O)N2. The van der Waals surface area contributed by atoms with Crippen molar-refractivity contribution in [3.8, 4) is 0 Å². The smallest absolute Gasteiger partial charge is 0.235 e. The third kappa shape index (κ3) is 3.28. The van der Waals surface area contributed by atoms with Crippen molar-refractivity contribution in [2.75, 3.05) is 17.7 Å². The van der Waals surface area contributed by atoms with Gasteiger partial charge in [0.1, 0.15) is 5.82 Å². The molecular weight excluding hydrogens is 346 g/mol. The van der Waals surface area contributed by atoms with E-state index < -0.39 is 0 Å². The van der Waals surface area contributed by atoms with Gasteiger partial charge in [-0.3, -0.25) is 4.79 Å². The Morgan fingerprint density at radius 2 is 2.08 bits per heavy atom. The van der Waals surface area contributed by atoms with E-state index in [4.69, 9.17) is 9.84 Å². The van der Waals surface area contributed by atoms with Crippen molar-refractivity contribution in [2.24, 2.45) is 0 Å². The minimum absolute atomic E-state index is 0.0437. The van der Waals surface area contributed by atoms with Crippen molar-refractivity contribution in [3.63, 3.8) is 0 Å². The maximum absolute atomic E-state index is 12.4. The van der Waals surface area contributed by atoms with E-state index in [-0.39, 0.29) is 22.8 Å². The normalized spacial score (nSPS) is 25.3. The Morgan fingerprint density at radius 1 is 1.31 bits per heavy atom. The number of fused-ring (bicyclic) bond motifs is 1. The van der Waals surface area contributed by atoms with Gasteiger partial charge in [-0.25, -0.2) is 4.68 Å². The van der Waals surface area contributed by atoms with E-state index in [0.717, 1.165) is 36.5 Å². The minimum Gasteiger partial charge on any atom is -0.375 e. The third-order valence-electron chi connectivity index (χ3n) is 5.15. The largest absolute Gasteiger partial charge is 0.375 e. The summed E-state index contributed by atoms with van der Waals surface area (Å²) in [5.41, 5.74) is 3.17. The van der Waals surface area contributed by atoms with Gasteiger partial charge in [-0.1, -0.05) is 30.3 Å². The monoisotopic (exact) mass is 371 g/mol. The molecule has 1 aromatic heterocycles. The molecule has 0 spiro atoms. The number of rotatable bonds is 2. The maximum atomic E-state index is 12.4. The van der Waals surface area contributed by atoms with E-state index in [0.29, 0.717) is 5.75 Å². The van der Waals surface area contributed by atoms with E-state index in [1.807, 2.05) is 13.0 Å². The highest BCUT2D eigenvalue weighted by Crippen LogP contribution is 2.45. The second-order valence-corrected chi connectivity index (χ2v) is 8.79. The zero-order valence-electron chi connectivity index (χ0n) is 15.5. The second kappa shape index (κ2) is 6.74. The van der Waals surface area contributed by atoms with E-state index >= 15 is 0 Å². The Kier molecular flexibility index (Phi) is 4.57. The molecule has 0 aliphatic carbocycles. The molecule has 1 saturated heterocycles. The van der Waals surface area contributed by atoms with Crippen molar-refractivity contribution < 1.29 is 9.53 Å². The molecule has 4 rings (SSSR count). The number of thioether (sulfide) groups is 1. The van der Waals surface area contributed by atoms with Gasteiger partial charge >= 0.3 is 0 Å². The lowest BCUT2D eigenvalue weighted by atomic mass is 9.94. The molecule has 0 saturated carbocycles. The Bertz CT molecular complexity index is 816. The van der Waals surface area contributed by atoms with Crippen molar-refractivity contribution in [1.29, 1.82) is 0 Å². The summed E-state index contributed by atoms with van der Waals surface area (Å²) >= 11 is 1.67. The molecule has 2 aliphatic heterocycles. The van der Waals surface area contributed by atoms with E-state index in [1.54, 1.807) is 11.8 Å². The molecule has 1 amide bonds. The van der Waals surface area contributed by atoms with Crippen LogP contribution in [0, 0.1) is 6.92 Å². The summed E-state index contributed by atoms with van der Waals surface area (Å²) in [5, 5.41) is 8.12. The summed E-state index contributed by atoms with van der Waals surface area (Å²) in [6, 6.07) is 10.6. The molecular formula is C20H25N3O2S. The van der Waals surface area contributed by atoms with Crippen molar-refractivity contribution in [2.45, 2.75) is 50.5 Å². The zero-order chi connectivity index (χ0) is 18.3. The van der Waals surface area contributed by atoms with Crippen LogP contribution < -0.4 is 5.32 Å². The van der Waals surface area contributed by atoms with Gasteiger partial charge in [0.2, 0.25) is 5.91 Å². The summed E-state index contributed by atoms with van der Waals surface area (Å²) in [6.45, 7) is 7.01. The predicted octanol–water partition coefficient (Wildman–Crippen LogP) is 4.10. The van der Waals surface area contributed by atoms with Gasteiger partial charge in [0.15, 0.2) is 0 Å². The molecule has 3 heterocycles. The lowest BCUT2D eigenvalue weighted by molar-refractivity contribution is -0.113. The van der Waals surface area contributed by atoms with Gasteiger partial charge in [-0.15, -0.1) is 11.8 Å². The van der Waals surface area contributed by atoms with Crippen LogP contribution in [0.1, 0.15) is 54.8 Å². The molecule has 0 radical (unpaired) electrons. The fourth-order valence-corrected chi connectivity index (χ4v) is 5.16. The molecule has 1 aromatic carbocycles. The van der Waals surface area contributed by atoms with Gasteiger partial charge in [-0.05, 0) is 39.2 Å². The average molecular weight is 372 g/mol. The molecule has 2 aromatic rings. The number of nitrogens with one attached hydrogen (secondary N) is 1. The Morgan fingerprint density at radius 3 is 2.81 bits per heavy atom. The van der Waals surface area contributed by atoms with Crippen molar-refractivity contribution in [3.05, 3.63) is 47.2 Å². The number of anilines is 1.